The molecule has 0 saturated carbocycles. The average molecular weight is 217 g/mol. The van der Waals surface area contributed by atoms with Gasteiger partial charge in [0.2, 0.25) is 0 Å². The maximum absolute atomic E-state index is 11.9. The van der Waals surface area contributed by atoms with Crippen LogP contribution in [0.5, 0.6) is 0 Å². The highest BCUT2D eigenvalue weighted by Crippen LogP contribution is 2.03. The van der Waals surface area contributed by atoms with Crippen molar-refractivity contribution in [3.05, 3.63) is 36.1 Å². The van der Waals surface area contributed by atoms with Crippen LogP contribution in [-0.2, 0) is 14.7 Å². The number of allylic oxidation sites excluding steroid dienone is 6. The van der Waals surface area contributed by atoms with Crippen LogP contribution in [0.4, 0.5) is 3.89 Å². The fourth-order valence-corrected chi connectivity index (χ4v) is 0.908. The third kappa shape index (κ3) is 8.49. The third-order valence-corrected chi connectivity index (χ3v) is 1.42. The minimum Gasteiger partial charge on any atom is -0.363 e. The van der Waals surface area contributed by atoms with Crippen LogP contribution >= 0.6 is 0 Å². The Kier molecular flexibility index (Phi) is 5.26. The average Bonchev–Trinajstić information content (AvgIpc) is 2.00. The van der Waals surface area contributed by atoms with E-state index in [2.05, 4.69) is 4.18 Å². The predicted octanol–water partition coefficient (Wildman–Crippen LogP) is 1.76. The molecule has 0 spiro atoms. The third-order valence-electron chi connectivity index (χ3n) is 0.955. The molecule has 76 valence electrons. The lowest BCUT2D eigenvalue weighted by atomic mass is 10.4. The van der Waals surface area contributed by atoms with Gasteiger partial charge in [-0.3, -0.25) is 0 Å². The summed E-state index contributed by atoms with van der Waals surface area (Å²) in [5.74, 6) is -0.103. The van der Waals surface area contributed by atoms with Gasteiger partial charge in [-0.05, 0) is 13.0 Å². The maximum Gasteiger partial charge on any atom is 0.488 e. The van der Waals surface area contributed by atoms with Crippen LogP contribution in [0.15, 0.2) is 36.1 Å². The quantitative estimate of drug-likeness (QED) is 0.311. The van der Waals surface area contributed by atoms with Crippen molar-refractivity contribution in [2.24, 2.45) is 0 Å². The topological polar surface area (TPSA) is 67.2 Å². The van der Waals surface area contributed by atoms with Gasteiger partial charge in [-0.25, -0.2) is 0 Å². The summed E-state index contributed by atoms with van der Waals surface area (Å²) in [6.45, 7) is 1.29. The van der Waals surface area contributed by atoms with Gasteiger partial charge in [0.15, 0.2) is 0 Å². The number of rotatable bonds is 4. The summed E-state index contributed by atoms with van der Waals surface area (Å²) >= 11 is 0. The Hall–Kier alpha value is -1.61. The van der Waals surface area contributed by atoms with Crippen LogP contribution in [0, 0.1) is 11.3 Å². The second-order valence-corrected chi connectivity index (χ2v) is 3.08. The summed E-state index contributed by atoms with van der Waals surface area (Å²) in [7, 11) is -4.94. The minimum absolute atomic E-state index is 0.103. The molecular weight excluding hydrogens is 209 g/mol. The number of hydrogen-bond donors (Lipinski definition) is 0. The molecule has 0 aliphatic rings. The molecule has 0 amide bonds. The van der Waals surface area contributed by atoms with Gasteiger partial charge in [-0.15, -0.1) is 0 Å². The normalized spacial score (nSPS) is 13.4. The van der Waals surface area contributed by atoms with Crippen molar-refractivity contribution in [2.45, 2.75) is 6.92 Å². The molecule has 0 heterocycles. The largest absolute Gasteiger partial charge is 0.488 e. The summed E-state index contributed by atoms with van der Waals surface area (Å²) < 4.78 is 35.7. The van der Waals surface area contributed by atoms with E-state index in [-0.39, 0.29) is 5.76 Å². The number of nitriles is 1. The lowest BCUT2D eigenvalue weighted by Crippen LogP contribution is -1.95. The molecule has 0 N–H and O–H groups in total. The van der Waals surface area contributed by atoms with Crippen LogP contribution in [0.3, 0.4) is 0 Å². The summed E-state index contributed by atoms with van der Waals surface area (Å²) in [4.78, 5) is 0. The van der Waals surface area contributed by atoms with Gasteiger partial charge in [0, 0.05) is 6.08 Å². The molecule has 0 bridgehead atoms. The lowest BCUT2D eigenvalue weighted by Gasteiger charge is -1.95. The predicted molar refractivity (Wildman–Crippen MR) is 48.8 cm³/mol. The van der Waals surface area contributed by atoms with E-state index in [0.717, 1.165) is 0 Å². The van der Waals surface area contributed by atoms with E-state index < -0.39 is 10.5 Å². The van der Waals surface area contributed by atoms with Crippen molar-refractivity contribution in [1.29, 1.82) is 5.26 Å². The minimum atomic E-state index is -4.94. The zero-order valence-corrected chi connectivity index (χ0v) is 8.16. The molecule has 0 atom stereocenters. The molecule has 0 aromatic carbocycles. The van der Waals surface area contributed by atoms with Gasteiger partial charge in [-0.2, -0.15) is 13.7 Å². The Bertz CT molecular complexity index is 401. The Labute approximate surface area is 82.0 Å². The van der Waals surface area contributed by atoms with Gasteiger partial charge < -0.3 is 4.18 Å². The van der Waals surface area contributed by atoms with Gasteiger partial charge in [0.25, 0.3) is 0 Å². The second kappa shape index (κ2) is 5.94. The fraction of sp³-hybridized carbons (Fsp3) is 0.125. The SMILES string of the molecule is C\C(=C/C=C\C=C\C#N)OS(=O)(=O)F. The monoisotopic (exact) mass is 217 g/mol. The van der Waals surface area contributed by atoms with E-state index >= 15 is 0 Å². The van der Waals surface area contributed by atoms with Crippen molar-refractivity contribution in [3.63, 3.8) is 0 Å². The first-order valence-corrected chi connectivity index (χ1v) is 4.80. The van der Waals surface area contributed by atoms with Gasteiger partial charge >= 0.3 is 10.5 Å². The second-order valence-electron chi connectivity index (χ2n) is 2.13. The van der Waals surface area contributed by atoms with E-state index in [0.29, 0.717) is 0 Å². The number of halogens is 1. The first-order chi connectivity index (χ1) is 6.45. The molecule has 0 saturated heterocycles. The first kappa shape index (κ1) is 12.4. The van der Waals surface area contributed by atoms with Gasteiger partial charge in [0.1, 0.15) is 5.76 Å². The highest BCUT2D eigenvalue weighted by atomic mass is 32.3. The van der Waals surface area contributed by atoms with Crippen LogP contribution in [-0.4, -0.2) is 8.42 Å². The Morgan fingerprint density at radius 2 is 2.07 bits per heavy atom. The highest BCUT2D eigenvalue weighted by Gasteiger charge is 2.06. The first-order valence-electron chi connectivity index (χ1n) is 3.49. The number of nitrogens with zero attached hydrogens (tertiary/aromatic N) is 1. The van der Waals surface area contributed by atoms with E-state index in [1.165, 1.54) is 37.3 Å². The Balaban J connectivity index is 4.22. The van der Waals surface area contributed by atoms with Gasteiger partial charge in [0.05, 0.1) is 6.07 Å². The molecule has 0 aromatic heterocycles. The van der Waals surface area contributed by atoms with E-state index in [9.17, 15) is 12.3 Å². The fourth-order valence-electron chi connectivity index (χ4n) is 0.539. The zero-order valence-electron chi connectivity index (χ0n) is 7.34. The van der Waals surface area contributed by atoms with Crippen LogP contribution < -0.4 is 0 Å². The van der Waals surface area contributed by atoms with Crippen molar-refractivity contribution in [3.8, 4) is 6.07 Å². The van der Waals surface area contributed by atoms with E-state index in [1.54, 1.807) is 6.07 Å². The summed E-state index contributed by atoms with van der Waals surface area (Å²) in [6, 6.07) is 1.75. The standard InChI is InChI=1S/C8H8FNO3S/c1-8(13-14(9,11)12)6-4-2-3-5-7-10/h2-6H,1H3/b4-2-,5-3+,8-6+. The number of hydrogen-bond acceptors (Lipinski definition) is 4. The molecule has 0 fully saturated rings. The van der Waals surface area contributed by atoms with Crippen LogP contribution in [0.25, 0.3) is 0 Å². The van der Waals surface area contributed by atoms with Crippen LogP contribution in [0.2, 0.25) is 0 Å². The van der Waals surface area contributed by atoms with Crippen molar-refractivity contribution in [2.75, 3.05) is 0 Å². The van der Waals surface area contributed by atoms with Crippen molar-refractivity contribution >= 4 is 10.5 Å². The zero-order chi connectivity index (χ0) is 11.0. The summed E-state index contributed by atoms with van der Waals surface area (Å²) in [6.07, 6.45) is 6.80. The molecule has 4 nitrogen and oxygen atoms in total. The molecular formula is C8H8FNO3S. The molecule has 0 aromatic rings. The smallest absolute Gasteiger partial charge is 0.363 e. The lowest BCUT2D eigenvalue weighted by molar-refractivity contribution is 0.372. The molecule has 6 heteroatoms. The van der Waals surface area contributed by atoms with Crippen LogP contribution in [0.1, 0.15) is 6.92 Å². The van der Waals surface area contributed by atoms with Crippen molar-refractivity contribution in [1.82, 2.24) is 0 Å². The Morgan fingerprint density at radius 3 is 2.57 bits per heavy atom. The molecule has 0 aliphatic carbocycles. The van der Waals surface area contributed by atoms with Crippen molar-refractivity contribution < 1.29 is 16.5 Å². The molecule has 0 unspecified atom stereocenters. The molecule has 14 heavy (non-hydrogen) atoms. The summed E-state index contributed by atoms with van der Waals surface area (Å²) in [5.41, 5.74) is 0. The highest BCUT2D eigenvalue weighted by molar-refractivity contribution is 7.81. The summed E-state index contributed by atoms with van der Waals surface area (Å²) in [5, 5.41) is 8.09. The van der Waals surface area contributed by atoms with E-state index in [1.807, 2.05) is 0 Å². The molecule has 0 radical (unpaired) electrons. The molecule has 0 aliphatic heterocycles. The maximum atomic E-state index is 11.9. The van der Waals surface area contributed by atoms with Gasteiger partial charge in [-0.1, -0.05) is 22.1 Å². The molecule has 0 rings (SSSR count). The van der Waals surface area contributed by atoms with E-state index in [4.69, 9.17) is 5.26 Å². The Morgan fingerprint density at radius 1 is 1.43 bits per heavy atom.